The Bertz CT molecular complexity index is 956. The maximum atomic E-state index is 6.45. The number of nitrogens with one attached hydrogen (secondary N) is 3. The third kappa shape index (κ3) is 5.12. The highest BCUT2D eigenvalue weighted by atomic mass is 35.5. The Morgan fingerprint density at radius 2 is 1.93 bits per heavy atom. The summed E-state index contributed by atoms with van der Waals surface area (Å²) in [5.74, 6) is 0.645. The molecule has 2 aromatic heterocycles. The Labute approximate surface area is 183 Å². The van der Waals surface area contributed by atoms with E-state index in [0.717, 1.165) is 54.5 Å². The number of benzene rings is 1. The molecule has 0 saturated heterocycles. The molecule has 0 aliphatic heterocycles. The fraction of sp³-hybridized carbons (Fsp3) is 0.478. The number of aromatic amines is 1. The van der Waals surface area contributed by atoms with Gasteiger partial charge in [-0.05, 0) is 51.3 Å². The average molecular weight is 427 g/mol. The molecule has 7 heteroatoms. The van der Waals surface area contributed by atoms with Crippen molar-refractivity contribution in [2.24, 2.45) is 5.73 Å². The fourth-order valence-electron chi connectivity index (χ4n) is 4.30. The van der Waals surface area contributed by atoms with Gasteiger partial charge in [-0.15, -0.1) is 0 Å². The molecule has 0 radical (unpaired) electrons. The topological polar surface area (TPSA) is 91.6 Å². The van der Waals surface area contributed by atoms with Crippen LogP contribution in [0.2, 0.25) is 5.02 Å². The molecule has 160 valence electrons. The third-order valence-electron chi connectivity index (χ3n) is 5.92. The van der Waals surface area contributed by atoms with Crippen LogP contribution in [0.4, 0.5) is 5.95 Å². The minimum atomic E-state index is 0.386. The van der Waals surface area contributed by atoms with Crippen LogP contribution in [0.25, 0.3) is 22.2 Å². The summed E-state index contributed by atoms with van der Waals surface area (Å²) in [6.45, 7) is 1.89. The van der Waals surface area contributed by atoms with Crippen LogP contribution in [0, 0.1) is 0 Å². The third-order valence-corrected chi connectivity index (χ3v) is 6.19. The van der Waals surface area contributed by atoms with Crippen LogP contribution in [0.3, 0.4) is 0 Å². The van der Waals surface area contributed by atoms with Gasteiger partial charge in [-0.25, -0.2) is 9.97 Å². The van der Waals surface area contributed by atoms with Gasteiger partial charge in [0.05, 0.1) is 16.9 Å². The molecule has 3 aromatic rings. The number of hydrogen-bond acceptors (Lipinski definition) is 5. The molecule has 1 saturated carbocycles. The Morgan fingerprint density at radius 3 is 2.83 bits per heavy atom. The Balaban J connectivity index is 1.34. The second kappa shape index (κ2) is 10.2. The lowest BCUT2D eigenvalue weighted by atomic mass is 10.1. The number of H-pyrrole nitrogens is 1. The number of fused-ring (bicyclic) bond motifs is 1. The lowest BCUT2D eigenvalue weighted by molar-refractivity contribution is 0.497. The van der Waals surface area contributed by atoms with Crippen LogP contribution in [0.1, 0.15) is 44.9 Å². The fourth-order valence-corrected chi connectivity index (χ4v) is 4.50. The zero-order valence-corrected chi connectivity index (χ0v) is 18.1. The van der Waals surface area contributed by atoms with Crippen molar-refractivity contribution in [2.75, 3.05) is 18.4 Å². The number of aromatic nitrogens is 3. The summed E-state index contributed by atoms with van der Waals surface area (Å²) >= 11 is 6.45. The molecule has 1 aliphatic rings. The van der Waals surface area contributed by atoms with E-state index in [1.165, 1.54) is 25.7 Å². The van der Waals surface area contributed by atoms with Crippen molar-refractivity contribution in [3.8, 4) is 11.3 Å². The zero-order valence-electron chi connectivity index (χ0n) is 17.3. The summed E-state index contributed by atoms with van der Waals surface area (Å²) in [5, 5.41) is 8.89. The molecule has 0 unspecified atom stereocenters. The van der Waals surface area contributed by atoms with Gasteiger partial charge in [0.25, 0.3) is 0 Å². The summed E-state index contributed by atoms with van der Waals surface area (Å²) in [6, 6.07) is 9.13. The van der Waals surface area contributed by atoms with Crippen molar-refractivity contribution in [3.63, 3.8) is 0 Å². The summed E-state index contributed by atoms with van der Waals surface area (Å²) in [4.78, 5) is 12.5. The number of para-hydroxylation sites is 1. The minimum absolute atomic E-state index is 0.386. The van der Waals surface area contributed by atoms with Crippen LogP contribution in [0.15, 0.2) is 36.7 Å². The van der Waals surface area contributed by atoms with Gasteiger partial charge >= 0.3 is 0 Å². The quantitative estimate of drug-likeness (QED) is 0.352. The molecule has 4 rings (SSSR count). The van der Waals surface area contributed by atoms with Crippen LogP contribution in [-0.4, -0.2) is 40.1 Å². The number of halogens is 1. The van der Waals surface area contributed by atoms with Crippen molar-refractivity contribution >= 4 is 28.5 Å². The summed E-state index contributed by atoms with van der Waals surface area (Å²) < 4.78 is 0. The Hall–Kier alpha value is -2.15. The monoisotopic (exact) mass is 426 g/mol. The number of unbranched alkanes of at least 4 members (excludes halogenated alkanes) is 3. The van der Waals surface area contributed by atoms with Gasteiger partial charge in [0.1, 0.15) is 0 Å². The second-order valence-electron chi connectivity index (χ2n) is 8.15. The largest absolute Gasteiger partial charge is 0.360 e. The van der Waals surface area contributed by atoms with E-state index in [0.29, 0.717) is 23.1 Å². The van der Waals surface area contributed by atoms with Gasteiger partial charge in [-0.1, -0.05) is 42.6 Å². The predicted molar refractivity (Wildman–Crippen MR) is 125 cm³/mol. The average Bonchev–Trinajstić information content (AvgIpc) is 3.39. The van der Waals surface area contributed by atoms with Crippen molar-refractivity contribution < 1.29 is 0 Å². The van der Waals surface area contributed by atoms with Crippen molar-refractivity contribution in [1.29, 1.82) is 0 Å². The summed E-state index contributed by atoms with van der Waals surface area (Å²) in [7, 11) is 0. The smallest absolute Gasteiger partial charge is 0.223 e. The molecule has 0 amide bonds. The van der Waals surface area contributed by atoms with Gasteiger partial charge < -0.3 is 21.4 Å². The molecule has 2 heterocycles. The highest BCUT2D eigenvalue weighted by Gasteiger charge is 2.25. The Morgan fingerprint density at radius 1 is 1.10 bits per heavy atom. The van der Waals surface area contributed by atoms with Crippen LogP contribution >= 0.6 is 11.6 Å². The zero-order chi connectivity index (χ0) is 20.8. The lowest BCUT2D eigenvalue weighted by Gasteiger charge is -2.15. The number of nitrogens with zero attached hydrogens (tertiary/aromatic N) is 2. The molecular weight excluding hydrogens is 396 g/mol. The molecule has 1 aromatic carbocycles. The molecular formula is C23H31ClN6. The van der Waals surface area contributed by atoms with Crippen molar-refractivity contribution in [1.82, 2.24) is 20.3 Å². The van der Waals surface area contributed by atoms with Gasteiger partial charge in [0, 0.05) is 34.7 Å². The van der Waals surface area contributed by atoms with E-state index in [-0.39, 0.29) is 0 Å². The first-order valence-corrected chi connectivity index (χ1v) is 11.4. The summed E-state index contributed by atoms with van der Waals surface area (Å²) in [6.07, 6.45) is 11.9. The molecule has 1 aliphatic carbocycles. The molecule has 2 atom stereocenters. The lowest BCUT2D eigenvalue weighted by Crippen LogP contribution is -2.29. The molecule has 6 nitrogen and oxygen atoms in total. The van der Waals surface area contributed by atoms with Gasteiger partial charge in [-0.2, -0.15) is 0 Å². The minimum Gasteiger partial charge on any atom is -0.360 e. The van der Waals surface area contributed by atoms with Crippen molar-refractivity contribution in [3.05, 3.63) is 41.7 Å². The SMILES string of the molecule is NCCCCCCN[C@H]1CC[C@@H](Nc2ncc(Cl)c(-c3c[nH]c4ccccc34)n2)C1. The van der Waals surface area contributed by atoms with E-state index >= 15 is 0 Å². The van der Waals surface area contributed by atoms with E-state index in [2.05, 4.69) is 32.7 Å². The van der Waals surface area contributed by atoms with E-state index in [1.54, 1.807) is 6.20 Å². The second-order valence-corrected chi connectivity index (χ2v) is 8.55. The first-order chi connectivity index (χ1) is 14.7. The number of hydrogen-bond donors (Lipinski definition) is 4. The normalized spacial score (nSPS) is 18.9. The molecule has 0 spiro atoms. The molecule has 1 fully saturated rings. The van der Waals surface area contributed by atoms with E-state index in [9.17, 15) is 0 Å². The number of anilines is 1. The van der Waals surface area contributed by atoms with Gasteiger partial charge in [0.2, 0.25) is 5.95 Å². The number of rotatable bonds is 10. The van der Waals surface area contributed by atoms with E-state index in [4.69, 9.17) is 22.3 Å². The predicted octanol–water partition coefficient (Wildman–Crippen LogP) is 4.72. The van der Waals surface area contributed by atoms with Gasteiger partial charge in [0.15, 0.2) is 0 Å². The molecule has 5 N–H and O–H groups in total. The van der Waals surface area contributed by atoms with Crippen LogP contribution in [0.5, 0.6) is 0 Å². The number of nitrogens with two attached hydrogens (primary N) is 1. The summed E-state index contributed by atoms with van der Waals surface area (Å²) in [5.41, 5.74) is 8.39. The van der Waals surface area contributed by atoms with Gasteiger partial charge in [-0.3, -0.25) is 0 Å². The van der Waals surface area contributed by atoms with Crippen LogP contribution < -0.4 is 16.4 Å². The van der Waals surface area contributed by atoms with E-state index < -0.39 is 0 Å². The standard InChI is InChI=1S/C23H31ClN6/c24-20-15-28-23(30-22(20)19-14-27-21-8-4-3-7-18(19)21)29-17-10-9-16(13-17)26-12-6-2-1-5-11-25/h3-4,7-8,14-17,26-27H,1-2,5-6,9-13,25H2,(H,28,29,30)/t16-,17+/m0/s1. The first kappa shape index (κ1) is 21.1. The maximum absolute atomic E-state index is 6.45. The maximum Gasteiger partial charge on any atom is 0.223 e. The highest BCUT2D eigenvalue weighted by molar-refractivity contribution is 6.33. The molecule has 0 bridgehead atoms. The first-order valence-electron chi connectivity index (χ1n) is 11.0. The Kier molecular flexibility index (Phi) is 7.20. The highest BCUT2D eigenvalue weighted by Crippen LogP contribution is 2.32. The van der Waals surface area contributed by atoms with Crippen LogP contribution in [-0.2, 0) is 0 Å². The van der Waals surface area contributed by atoms with E-state index in [1.807, 2.05) is 18.3 Å². The van der Waals surface area contributed by atoms with Crippen molar-refractivity contribution in [2.45, 2.75) is 57.0 Å². The molecule has 30 heavy (non-hydrogen) atoms.